The van der Waals surface area contributed by atoms with Crippen molar-refractivity contribution < 1.29 is 9.47 Å². The van der Waals surface area contributed by atoms with E-state index in [-0.39, 0.29) is 5.56 Å². The zero-order chi connectivity index (χ0) is 26.6. The lowest BCUT2D eigenvalue weighted by Crippen LogP contribution is -2.20. The lowest BCUT2D eigenvalue weighted by atomic mass is 10.0. The molecule has 5 aromatic rings. The standard InChI is InChI=1S/C31H26BrN3O3/c1-4-8-23-15-21(18-33-35-20(2)34-28-14-13-25(32)17-27(28)31(35)36)16-29(37-3)30(23)38-19-24-11-7-10-22-9-5-6-12-26(22)24/h4-7,9-18H,1,8,19H2,2-3H3. The van der Waals surface area contributed by atoms with Crippen molar-refractivity contribution in [2.75, 3.05) is 7.11 Å². The highest BCUT2D eigenvalue weighted by atomic mass is 79.9. The van der Waals surface area contributed by atoms with Crippen molar-refractivity contribution in [1.82, 2.24) is 9.66 Å². The molecule has 7 heteroatoms. The fourth-order valence-electron chi connectivity index (χ4n) is 4.47. The summed E-state index contributed by atoms with van der Waals surface area (Å²) in [4.78, 5) is 17.6. The second-order valence-electron chi connectivity index (χ2n) is 8.81. The van der Waals surface area contributed by atoms with E-state index in [1.165, 1.54) is 10.1 Å². The molecule has 0 saturated carbocycles. The molecule has 0 radical (unpaired) electrons. The number of halogens is 1. The SMILES string of the molecule is C=CCc1cc(C=Nn2c(C)nc3ccc(Br)cc3c2=O)cc(OC)c1OCc1cccc2ccccc12. The molecule has 0 N–H and O–H groups in total. The van der Waals surface area contributed by atoms with Gasteiger partial charge >= 0.3 is 0 Å². The fourth-order valence-corrected chi connectivity index (χ4v) is 4.83. The number of nitrogens with zero attached hydrogens (tertiary/aromatic N) is 3. The van der Waals surface area contributed by atoms with Gasteiger partial charge in [0.25, 0.3) is 5.56 Å². The van der Waals surface area contributed by atoms with E-state index >= 15 is 0 Å². The van der Waals surface area contributed by atoms with Gasteiger partial charge in [-0.15, -0.1) is 6.58 Å². The Morgan fingerprint density at radius 1 is 1.03 bits per heavy atom. The molecular formula is C31H26BrN3O3. The fraction of sp³-hybridized carbons (Fsp3) is 0.129. The highest BCUT2D eigenvalue weighted by Crippen LogP contribution is 2.34. The van der Waals surface area contributed by atoms with Crippen molar-refractivity contribution in [3.8, 4) is 11.5 Å². The van der Waals surface area contributed by atoms with Crippen LogP contribution in [0.4, 0.5) is 0 Å². The molecule has 0 atom stereocenters. The maximum atomic E-state index is 13.1. The third-order valence-corrected chi connectivity index (χ3v) is 6.78. The molecule has 0 aliphatic heterocycles. The van der Waals surface area contributed by atoms with Crippen LogP contribution in [-0.2, 0) is 13.0 Å². The highest BCUT2D eigenvalue weighted by Gasteiger charge is 2.14. The maximum Gasteiger partial charge on any atom is 0.282 e. The molecule has 0 spiro atoms. The Hall–Kier alpha value is -4.23. The predicted octanol–water partition coefficient (Wildman–Crippen LogP) is 6.82. The van der Waals surface area contributed by atoms with Crippen LogP contribution in [0, 0.1) is 6.92 Å². The summed E-state index contributed by atoms with van der Waals surface area (Å²) < 4.78 is 14.2. The van der Waals surface area contributed by atoms with Crippen LogP contribution in [0.3, 0.4) is 0 Å². The van der Waals surface area contributed by atoms with Gasteiger partial charge in [-0.25, -0.2) is 4.98 Å². The van der Waals surface area contributed by atoms with Gasteiger partial charge in [-0.1, -0.05) is 64.5 Å². The lowest BCUT2D eigenvalue weighted by Gasteiger charge is -2.16. The molecule has 6 nitrogen and oxygen atoms in total. The molecule has 0 bridgehead atoms. The number of methoxy groups -OCH3 is 1. The Balaban J connectivity index is 1.49. The number of benzene rings is 4. The zero-order valence-electron chi connectivity index (χ0n) is 21.1. The minimum absolute atomic E-state index is 0.238. The molecule has 0 aliphatic rings. The van der Waals surface area contributed by atoms with Gasteiger partial charge in [0.2, 0.25) is 0 Å². The second-order valence-corrected chi connectivity index (χ2v) is 9.73. The molecule has 5 rings (SSSR count). The van der Waals surface area contributed by atoms with Gasteiger partial charge in [-0.3, -0.25) is 4.79 Å². The number of hydrogen-bond acceptors (Lipinski definition) is 5. The molecule has 1 aromatic heterocycles. The topological polar surface area (TPSA) is 65.7 Å². The summed E-state index contributed by atoms with van der Waals surface area (Å²) in [5.41, 5.74) is 3.15. The Kier molecular flexibility index (Phi) is 7.38. The molecular weight excluding hydrogens is 542 g/mol. The van der Waals surface area contributed by atoms with Crippen LogP contribution in [0.2, 0.25) is 0 Å². The van der Waals surface area contributed by atoms with Crippen LogP contribution < -0.4 is 15.0 Å². The van der Waals surface area contributed by atoms with Crippen LogP contribution >= 0.6 is 15.9 Å². The van der Waals surface area contributed by atoms with E-state index in [0.717, 1.165) is 26.5 Å². The van der Waals surface area contributed by atoms with Crippen LogP contribution in [0.1, 0.15) is 22.5 Å². The van der Waals surface area contributed by atoms with Gasteiger partial charge in [0.15, 0.2) is 11.5 Å². The van der Waals surface area contributed by atoms with Crippen molar-refractivity contribution in [1.29, 1.82) is 0 Å². The molecule has 0 unspecified atom stereocenters. The number of fused-ring (bicyclic) bond motifs is 2. The van der Waals surface area contributed by atoms with E-state index in [1.807, 2.05) is 48.5 Å². The summed E-state index contributed by atoms with van der Waals surface area (Å²) in [6.07, 6.45) is 4.02. The number of allylic oxidation sites excluding steroid dienone is 1. The van der Waals surface area contributed by atoms with Crippen LogP contribution in [-0.4, -0.2) is 23.0 Å². The Morgan fingerprint density at radius 3 is 2.66 bits per heavy atom. The van der Waals surface area contributed by atoms with E-state index in [2.05, 4.69) is 56.9 Å². The molecule has 4 aromatic carbocycles. The number of aromatic nitrogens is 2. The van der Waals surface area contributed by atoms with Crippen molar-refractivity contribution in [2.24, 2.45) is 5.10 Å². The first-order valence-corrected chi connectivity index (χ1v) is 12.9. The average Bonchev–Trinajstić information content (AvgIpc) is 2.92. The summed E-state index contributed by atoms with van der Waals surface area (Å²) in [6.45, 7) is 6.06. The summed E-state index contributed by atoms with van der Waals surface area (Å²) >= 11 is 3.42. The molecule has 38 heavy (non-hydrogen) atoms. The summed E-state index contributed by atoms with van der Waals surface area (Å²) in [7, 11) is 1.61. The predicted molar refractivity (Wildman–Crippen MR) is 157 cm³/mol. The first-order chi connectivity index (χ1) is 18.5. The summed E-state index contributed by atoms with van der Waals surface area (Å²) in [5.74, 6) is 1.73. The van der Waals surface area contributed by atoms with E-state index < -0.39 is 0 Å². The summed E-state index contributed by atoms with van der Waals surface area (Å²) in [5, 5.41) is 7.28. The van der Waals surface area contributed by atoms with E-state index in [4.69, 9.17) is 9.47 Å². The normalized spacial score (nSPS) is 11.3. The smallest absolute Gasteiger partial charge is 0.282 e. The maximum absolute atomic E-state index is 13.1. The molecule has 1 heterocycles. The zero-order valence-corrected chi connectivity index (χ0v) is 22.7. The van der Waals surface area contributed by atoms with Crippen LogP contribution in [0.5, 0.6) is 11.5 Å². The third-order valence-electron chi connectivity index (χ3n) is 6.28. The highest BCUT2D eigenvalue weighted by molar-refractivity contribution is 9.10. The Bertz CT molecular complexity index is 1750. The van der Waals surface area contributed by atoms with E-state index in [1.54, 1.807) is 26.3 Å². The molecule has 0 saturated heterocycles. The van der Waals surface area contributed by atoms with Gasteiger partial charge in [0, 0.05) is 10.0 Å². The van der Waals surface area contributed by atoms with Crippen LogP contribution in [0.25, 0.3) is 21.7 Å². The van der Waals surface area contributed by atoms with E-state index in [9.17, 15) is 4.79 Å². The molecule has 0 fully saturated rings. The van der Waals surface area contributed by atoms with Gasteiger partial charge < -0.3 is 9.47 Å². The number of hydrogen-bond donors (Lipinski definition) is 0. The molecule has 0 aliphatic carbocycles. The van der Waals surface area contributed by atoms with Crippen LogP contribution in [0.15, 0.2) is 99.8 Å². The minimum atomic E-state index is -0.238. The number of ether oxygens (including phenoxy) is 2. The second kappa shape index (κ2) is 11.0. The van der Waals surface area contributed by atoms with Gasteiger partial charge in [0.05, 0.1) is 24.2 Å². The van der Waals surface area contributed by atoms with Gasteiger partial charge in [-0.05, 0) is 65.6 Å². The monoisotopic (exact) mass is 567 g/mol. The van der Waals surface area contributed by atoms with Crippen molar-refractivity contribution >= 4 is 43.8 Å². The van der Waals surface area contributed by atoms with E-state index in [0.29, 0.717) is 41.3 Å². The van der Waals surface area contributed by atoms with Gasteiger partial charge in [0.1, 0.15) is 12.4 Å². The van der Waals surface area contributed by atoms with Crippen molar-refractivity contribution in [3.63, 3.8) is 0 Å². The quantitative estimate of drug-likeness (QED) is 0.152. The first kappa shape index (κ1) is 25.4. The largest absolute Gasteiger partial charge is 0.493 e. The van der Waals surface area contributed by atoms with Crippen molar-refractivity contribution in [3.05, 3.63) is 123 Å². The Labute approximate surface area is 229 Å². The number of aryl methyl sites for hydroxylation is 1. The number of rotatable bonds is 8. The van der Waals surface area contributed by atoms with Gasteiger partial charge in [-0.2, -0.15) is 9.78 Å². The molecule has 0 amide bonds. The molecule has 190 valence electrons. The van der Waals surface area contributed by atoms with Crippen molar-refractivity contribution in [2.45, 2.75) is 20.0 Å². The summed E-state index contributed by atoms with van der Waals surface area (Å²) in [6, 6.07) is 23.7. The Morgan fingerprint density at radius 2 is 1.84 bits per heavy atom. The minimum Gasteiger partial charge on any atom is -0.493 e. The lowest BCUT2D eigenvalue weighted by molar-refractivity contribution is 0.283. The first-order valence-electron chi connectivity index (χ1n) is 12.1. The third kappa shape index (κ3) is 5.10. The average molecular weight is 568 g/mol.